The summed E-state index contributed by atoms with van der Waals surface area (Å²) in [5, 5.41) is 6.33. The molecule has 9 heteroatoms. The smallest absolute Gasteiger partial charge is 0.229 e. The second-order valence-electron chi connectivity index (χ2n) is 6.71. The van der Waals surface area contributed by atoms with Crippen LogP contribution in [0.2, 0.25) is 0 Å². The molecule has 0 unspecified atom stereocenters. The van der Waals surface area contributed by atoms with Gasteiger partial charge in [0.05, 0.1) is 19.3 Å². The molecule has 148 valence electrons. The van der Waals surface area contributed by atoms with Crippen molar-refractivity contribution in [3.63, 3.8) is 0 Å². The van der Waals surface area contributed by atoms with Gasteiger partial charge in [-0.2, -0.15) is 0 Å². The number of piperidine rings is 1. The molecular weight excluding hydrogens is 378 g/mol. The van der Waals surface area contributed by atoms with E-state index in [1.165, 1.54) is 0 Å². The zero-order chi connectivity index (χ0) is 18.3. The lowest BCUT2D eigenvalue weighted by atomic mass is 9.79. The van der Waals surface area contributed by atoms with Crippen LogP contribution in [-0.2, 0) is 26.0 Å². The van der Waals surface area contributed by atoms with Crippen molar-refractivity contribution < 1.29 is 17.9 Å². The van der Waals surface area contributed by atoms with Crippen LogP contribution in [0.5, 0.6) is 0 Å². The summed E-state index contributed by atoms with van der Waals surface area (Å²) in [7, 11) is -1.65. The summed E-state index contributed by atoms with van der Waals surface area (Å²) in [6.07, 6.45) is 3.24. The first-order valence-corrected chi connectivity index (χ1v) is 10.2. The van der Waals surface area contributed by atoms with Gasteiger partial charge in [-0.05, 0) is 43.6 Å². The number of nitrogens with one attached hydrogen (secondary N) is 3. The maximum absolute atomic E-state index is 12.3. The van der Waals surface area contributed by atoms with Gasteiger partial charge in [0.25, 0.3) is 0 Å². The predicted octanol–water partition coefficient (Wildman–Crippen LogP) is 1.15. The Kier molecular flexibility index (Phi) is 8.82. The molecule has 1 aromatic rings. The van der Waals surface area contributed by atoms with E-state index in [-0.39, 0.29) is 30.2 Å². The lowest BCUT2D eigenvalue weighted by molar-refractivity contribution is -0.121. The van der Waals surface area contributed by atoms with Crippen LogP contribution < -0.4 is 15.4 Å². The van der Waals surface area contributed by atoms with E-state index in [9.17, 15) is 13.2 Å². The second kappa shape index (κ2) is 10.1. The van der Waals surface area contributed by atoms with Crippen molar-refractivity contribution in [1.82, 2.24) is 10.6 Å². The number of methoxy groups -OCH3 is 1. The Bertz CT molecular complexity index is 685. The maximum atomic E-state index is 12.3. The molecule has 0 radical (unpaired) electrons. The van der Waals surface area contributed by atoms with E-state index in [1.807, 2.05) is 6.07 Å². The van der Waals surface area contributed by atoms with E-state index >= 15 is 0 Å². The lowest BCUT2D eigenvalue weighted by Gasteiger charge is -2.37. The molecule has 1 fully saturated rings. The molecule has 3 N–H and O–H groups in total. The van der Waals surface area contributed by atoms with E-state index in [1.54, 1.807) is 25.3 Å². The third kappa shape index (κ3) is 7.49. The highest BCUT2D eigenvalue weighted by atomic mass is 35.5. The molecular formula is C17H28ClN3O4S. The Morgan fingerprint density at radius 1 is 1.31 bits per heavy atom. The van der Waals surface area contributed by atoms with Gasteiger partial charge in [-0.3, -0.25) is 9.52 Å². The molecule has 0 saturated carbocycles. The number of anilines is 1. The maximum Gasteiger partial charge on any atom is 0.229 e. The molecule has 0 bridgehead atoms. The van der Waals surface area contributed by atoms with E-state index in [4.69, 9.17) is 4.74 Å². The minimum absolute atomic E-state index is 0. The van der Waals surface area contributed by atoms with Crippen molar-refractivity contribution in [3.05, 3.63) is 29.8 Å². The number of halogens is 1. The molecule has 2 rings (SSSR count). The summed E-state index contributed by atoms with van der Waals surface area (Å²) in [4.78, 5) is 12.3. The summed E-state index contributed by atoms with van der Waals surface area (Å²) in [6, 6.07) is 6.87. The SMILES string of the molecule is COCC1(CNC(=O)Cc2cccc(NS(C)(=O)=O)c2)CCNCC1.Cl. The van der Waals surface area contributed by atoms with Gasteiger partial charge in [-0.1, -0.05) is 12.1 Å². The largest absolute Gasteiger partial charge is 0.384 e. The number of carbonyl (C=O) groups is 1. The van der Waals surface area contributed by atoms with Crippen molar-refractivity contribution in [1.29, 1.82) is 0 Å². The topological polar surface area (TPSA) is 96.5 Å². The lowest BCUT2D eigenvalue weighted by Crippen LogP contribution is -2.47. The van der Waals surface area contributed by atoms with Gasteiger partial charge in [0.1, 0.15) is 0 Å². The van der Waals surface area contributed by atoms with Gasteiger partial charge in [0.2, 0.25) is 15.9 Å². The average Bonchev–Trinajstić information content (AvgIpc) is 2.53. The fourth-order valence-corrected chi connectivity index (χ4v) is 3.68. The summed E-state index contributed by atoms with van der Waals surface area (Å²) in [6.45, 7) is 3.07. The van der Waals surface area contributed by atoms with Crippen LogP contribution in [-0.4, -0.2) is 53.9 Å². The molecule has 1 amide bonds. The molecule has 1 aromatic carbocycles. The molecule has 0 atom stereocenters. The number of amides is 1. The zero-order valence-electron chi connectivity index (χ0n) is 15.2. The Hall–Kier alpha value is -1.35. The van der Waals surface area contributed by atoms with E-state index in [0.29, 0.717) is 18.8 Å². The van der Waals surface area contributed by atoms with Crippen LogP contribution >= 0.6 is 12.4 Å². The number of sulfonamides is 1. The third-order valence-electron chi connectivity index (χ3n) is 4.37. The highest BCUT2D eigenvalue weighted by molar-refractivity contribution is 7.92. The second-order valence-corrected chi connectivity index (χ2v) is 8.46. The van der Waals surface area contributed by atoms with Crippen LogP contribution in [0.15, 0.2) is 24.3 Å². The van der Waals surface area contributed by atoms with Crippen molar-refractivity contribution in [2.24, 2.45) is 5.41 Å². The standard InChI is InChI=1S/C17H27N3O4S.ClH/c1-24-13-17(6-8-18-9-7-17)12-19-16(21)11-14-4-3-5-15(10-14)20-25(2,22)23;/h3-5,10,18,20H,6-9,11-13H2,1-2H3,(H,19,21);1H. The quantitative estimate of drug-likeness (QED) is 0.603. The van der Waals surface area contributed by atoms with E-state index in [2.05, 4.69) is 15.4 Å². The summed E-state index contributed by atoms with van der Waals surface area (Å²) in [5.74, 6) is -0.0782. The van der Waals surface area contributed by atoms with Crippen molar-refractivity contribution in [2.45, 2.75) is 19.3 Å². The van der Waals surface area contributed by atoms with Gasteiger partial charge in [-0.25, -0.2) is 8.42 Å². The van der Waals surface area contributed by atoms with Gasteiger partial charge in [0, 0.05) is 24.8 Å². The zero-order valence-corrected chi connectivity index (χ0v) is 16.8. The summed E-state index contributed by atoms with van der Waals surface area (Å²) in [5.41, 5.74) is 1.20. The first kappa shape index (κ1) is 22.7. The third-order valence-corrected chi connectivity index (χ3v) is 4.98. The Morgan fingerprint density at radius 2 is 2.00 bits per heavy atom. The number of ether oxygens (including phenoxy) is 1. The number of hydrogen-bond acceptors (Lipinski definition) is 5. The minimum Gasteiger partial charge on any atom is -0.384 e. The van der Waals surface area contributed by atoms with Crippen molar-refractivity contribution in [2.75, 3.05) is 44.3 Å². The van der Waals surface area contributed by atoms with Crippen molar-refractivity contribution >= 4 is 34.0 Å². The van der Waals surface area contributed by atoms with Gasteiger partial charge < -0.3 is 15.4 Å². The average molecular weight is 406 g/mol. The fraction of sp³-hybridized carbons (Fsp3) is 0.588. The molecule has 1 aliphatic rings. The first-order valence-electron chi connectivity index (χ1n) is 8.35. The van der Waals surface area contributed by atoms with Crippen LogP contribution in [0.25, 0.3) is 0 Å². The van der Waals surface area contributed by atoms with E-state index in [0.717, 1.165) is 37.8 Å². The van der Waals surface area contributed by atoms with Crippen LogP contribution in [0, 0.1) is 5.41 Å². The highest BCUT2D eigenvalue weighted by Crippen LogP contribution is 2.28. The normalized spacial score (nSPS) is 16.4. The Balaban J connectivity index is 0.00000338. The molecule has 0 aliphatic carbocycles. The van der Waals surface area contributed by atoms with Gasteiger partial charge in [0.15, 0.2) is 0 Å². The van der Waals surface area contributed by atoms with Crippen molar-refractivity contribution in [3.8, 4) is 0 Å². The molecule has 26 heavy (non-hydrogen) atoms. The summed E-state index contributed by atoms with van der Waals surface area (Å²) < 4.78 is 30.4. The number of carbonyl (C=O) groups excluding carboxylic acids is 1. The monoisotopic (exact) mass is 405 g/mol. The van der Waals surface area contributed by atoms with E-state index < -0.39 is 10.0 Å². The Morgan fingerprint density at radius 3 is 2.62 bits per heavy atom. The molecule has 1 heterocycles. The highest BCUT2D eigenvalue weighted by Gasteiger charge is 2.32. The van der Waals surface area contributed by atoms with Crippen LogP contribution in [0.3, 0.4) is 0 Å². The summed E-state index contributed by atoms with van der Waals surface area (Å²) >= 11 is 0. The van der Waals surface area contributed by atoms with Crippen LogP contribution in [0.4, 0.5) is 5.69 Å². The minimum atomic E-state index is -3.33. The van der Waals surface area contributed by atoms with Gasteiger partial charge >= 0.3 is 0 Å². The number of hydrogen-bond donors (Lipinski definition) is 3. The molecule has 0 aromatic heterocycles. The Labute approximate surface area is 161 Å². The first-order chi connectivity index (χ1) is 11.8. The fourth-order valence-electron chi connectivity index (χ4n) is 3.13. The predicted molar refractivity (Wildman–Crippen MR) is 105 cm³/mol. The number of benzene rings is 1. The molecule has 7 nitrogen and oxygen atoms in total. The van der Waals surface area contributed by atoms with Crippen LogP contribution in [0.1, 0.15) is 18.4 Å². The molecule has 0 spiro atoms. The molecule has 1 saturated heterocycles. The molecule has 1 aliphatic heterocycles. The number of rotatable bonds is 8. The van der Waals surface area contributed by atoms with Gasteiger partial charge in [-0.15, -0.1) is 12.4 Å².